The van der Waals surface area contributed by atoms with Gasteiger partial charge in [0, 0.05) is 21.6 Å². The highest BCUT2D eigenvalue weighted by atomic mass is 35.5. The topological polar surface area (TPSA) is 89.0 Å². The summed E-state index contributed by atoms with van der Waals surface area (Å²) in [7, 11) is 1.58. The number of rotatable bonds is 6. The second-order valence-electron chi connectivity index (χ2n) is 7.47. The van der Waals surface area contributed by atoms with Crippen molar-refractivity contribution in [3.05, 3.63) is 88.2 Å². The van der Waals surface area contributed by atoms with Crippen molar-refractivity contribution in [1.29, 1.82) is 0 Å². The van der Waals surface area contributed by atoms with E-state index >= 15 is 0 Å². The van der Waals surface area contributed by atoms with Gasteiger partial charge in [-0.2, -0.15) is 0 Å². The molecule has 5 rings (SSSR count). The van der Waals surface area contributed by atoms with Gasteiger partial charge in [0.25, 0.3) is 5.56 Å². The first-order chi connectivity index (χ1) is 16.5. The molecule has 0 atom stereocenters. The maximum atomic E-state index is 13.6. The van der Waals surface area contributed by atoms with Crippen molar-refractivity contribution in [2.24, 2.45) is 0 Å². The Morgan fingerprint density at radius 2 is 1.91 bits per heavy atom. The van der Waals surface area contributed by atoms with E-state index in [-0.39, 0.29) is 17.2 Å². The molecule has 34 heavy (non-hydrogen) atoms. The van der Waals surface area contributed by atoms with Crippen LogP contribution in [-0.4, -0.2) is 33.3 Å². The lowest BCUT2D eigenvalue weighted by Crippen LogP contribution is -2.23. The number of hydrogen-bond donors (Lipinski definition) is 2. The highest BCUT2D eigenvalue weighted by molar-refractivity contribution is 7.99. The molecular formula is C25H19ClN4O3S. The van der Waals surface area contributed by atoms with Gasteiger partial charge in [0.15, 0.2) is 5.16 Å². The van der Waals surface area contributed by atoms with E-state index in [9.17, 15) is 9.59 Å². The smallest absolute Gasteiger partial charge is 0.283 e. The first kappa shape index (κ1) is 22.1. The summed E-state index contributed by atoms with van der Waals surface area (Å²) in [6.45, 7) is 0. The minimum Gasteiger partial charge on any atom is -0.497 e. The standard InChI is InChI=1S/C25H19ClN4O3S/c1-33-18-11-9-17(10-12-18)30-24(32)23-22(19-7-2-3-8-20(19)28-23)29-25(30)34-14-21(31)27-16-6-4-5-15(26)13-16/h2-13,28H,14H2,1H3,(H,27,31). The van der Waals surface area contributed by atoms with E-state index < -0.39 is 0 Å². The number of anilines is 1. The van der Waals surface area contributed by atoms with E-state index in [0.717, 1.165) is 10.9 Å². The molecule has 2 heterocycles. The number of nitrogens with one attached hydrogen (secondary N) is 2. The highest BCUT2D eigenvalue weighted by Crippen LogP contribution is 2.27. The minimum atomic E-state index is -0.246. The Kier molecular flexibility index (Phi) is 6.00. The van der Waals surface area contributed by atoms with E-state index in [0.29, 0.717) is 38.3 Å². The summed E-state index contributed by atoms with van der Waals surface area (Å²) in [5.74, 6) is 0.497. The second kappa shape index (κ2) is 9.24. The fourth-order valence-electron chi connectivity index (χ4n) is 3.69. The molecule has 2 N–H and O–H groups in total. The van der Waals surface area contributed by atoms with Crippen LogP contribution < -0.4 is 15.6 Å². The number of aromatic nitrogens is 3. The number of carbonyl (C=O) groups is 1. The maximum Gasteiger partial charge on any atom is 0.283 e. The lowest BCUT2D eigenvalue weighted by Gasteiger charge is -2.13. The number of carbonyl (C=O) groups excluding carboxylic acids is 1. The molecule has 0 aliphatic rings. The summed E-state index contributed by atoms with van der Waals surface area (Å²) in [4.78, 5) is 34.2. The Morgan fingerprint density at radius 1 is 1.12 bits per heavy atom. The van der Waals surface area contributed by atoms with Crippen molar-refractivity contribution >= 4 is 56.9 Å². The monoisotopic (exact) mass is 490 g/mol. The van der Waals surface area contributed by atoms with Gasteiger partial charge in [-0.15, -0.1) is 0 Å². The van der Waals surface area contributed by atoms with Gasteiger partial charge in [-0.1, -0.05) is 47.6 Å². The van der Waals surface area contributed by atoms with Crippen LogP contribution in [0, 0.1) is 0 Å². The molecule has 0 fully saturated rings. The van der Waals surface area contributed by atoms with Crippen molar-refractivity contribution in [3.63, 3.8) is 0 Å². The molecule has 3 aromatic carbocycles. The molecule has 0 saturated heterocycles. The normalized spacial score (nSPS) is 11.1. The van der Waals surface area contributed by atoms with E-state index in [1.165, 1.54) is 16.3 Å². The Labute approximate surface area is 203 Å². The largest absolute Gasteiger partial charge is 0.497 e. The third kappa shape index (κ3) is 4.25. The number of H-pyrrole nitrogens is 1. The molecule has 7 nitrogen and oxygen atoms in total. The van der Waals surface area contributed by atoms with Crippen molar-refractivity contribution < 1.29 is 9.53 Å². The molecule has 9 heteroatoms. The molecule has 0 saturated carbocycles. The third-order valence-corrected chi connectivity index (χ3v) is 6.44. The van der Waals surface area contributed by atoms with Crippen LogP contribution in [0.15, 0.2) is 82.7 Å². The van der Waals surface area contributed by atoms with Gasteiger partial charge in [-0.25, -0.2) is 4.98 Å². The quantitative estimate of drug-likeness (QED) is 0.250. The predicted molar refractivity (Wildman–Crippen MR) is 137 cm³/mol. The van der Waals surface area contributed by atoms with Crippen molar-refractivity contribution in [1.82, 2.24) is 14.5 Å². The van der Waals surface area contributed by atoms with Crippen LogP contribution in [0.1, 0.15) is 0 Å². The first-order valence-electron chi connectivity index (χ1n) is 10.4. The molecule has 0 bridgehead atoms. The average molecular weight is 491 g/mol. The zero-order chi connectivity index (χ0) is 23.7. The van der Waals surface area contributed by atoms with Gasteiger partial charge < -0.3 is 15.0 Å². The molecule has 0 spiro atoms. The van der Waals surface area contributed by atoms with Crippen LogP contribution in [0.4, 0.5) is 5.69 Å². The molecule has 2 aromatic heterocycles. The second-order valence-corrected chi connectivity index (χ2v) is 8.85. The molecule has 170 valence electrons. The van der Waals surface area contributed by atoms with Gasteiger partial charge in [0.2, 0.25) is 5.91 Å². The molecule has 0 aliphatic carbocycles. The predicted octanol–water partition coefficient (Wildman–Crippen LogP) is 5.26. The van der Waals surface area contributed by atoms with E-state index in [1.54, 1.807) is 55.6 Å². The number of amides is 1. The number of methoxy groups -OCH3 is 1. The molecule has 0 aliphatic heterocycles. The number of thioether (sulfide) groups is 1. The van der Waals surface area contributed by atoms with Gasteiger partial charge in [0.05, 0.1) is 18.6 Å². The zero-order valence-electron chi connectivity index (χ0n) is 18.0. The number of ether oxygens (including phenoxy) is 1. The Balaban J connectivity index is 1.55. The van der Waals surface area contributed by atoms with Crippen molar-refractivity contribution in [2.45, 2.75) is 5.16 Å². The first-order valence-corrected chi connectivity index (χ1v) is 11.8. The SMILES string of the molecule is COc1ccc(-n2c(SCC(=O)Nc3cccc(Cl)c3)nc3c([nH]c4ccccc43)c2=O)cc1. The summed E-state index contributed by atoms with van der Waals surface area (Å²) in [5.41, 5.74) is 2.78. The number of hydrogen-bond acceptors (Lipinski definition) is 5. The maximum absolute atomic E-state index is 13.6. The Morgan fingerprint density at radius 3 is 2.68 bits per heavy atom. The van der Waals surface area contributed by atoms with Gasteiger partial charge in [-0.05, 0) is 48.5 Å². The van der Waals surface area contributed by atoms with Crippen LogP contribution >= 0.6 is 23.4 Å². The Bertz CT molecular complexity index is 1580. The van der Waals surface area contributed by atoms with E-state index in [4.69, 9.17) is 21.3 Å². The third-order valence-electron chi connectivity index (χ3n) is 5.27. The van der Waals surface area contributed by atoms with Crippen molar-refractivity contribution in [3.8, 4) is 11.4 Å². The molecule has 1 amide bonds. The average Bonchev–Trinajstić information content (AvgIpc) is 3.22. The molecular weight excluding hydrogens is 472 g/mol. The number of halogens is 1. The summed E-state index contributed by atoms with van der Waals surface area (Å²) < 4.78 is 6.75. The van der Waals surface area contributed by atoms with Crippen LogP contribution in [0.25, 0.3) is 27.6 Å². The van der Waals surface area contributed by atoms with Crippen LogP contribution in [-0.2, 0) is 4.79 Å². The zero-order valence-corrected chi connectivity index (χ0v) is 19.6. The fourth-order valence-corrected chi connectivity index (χ4v) is 4.69. The van der Waals surface area contributed by atoms with Crippen LogP contribution in [0.3, 0.4) is 0 Å². The van der Waals surface area contributed by atoms with E-state index in [2.05, 4.69) is 10.3 Å². The minimum absolute atomic E-state index is 0.0585. The highest BCUT2D eigenvalue weighted by Gasteiger charge is 2.18. The lowest BCUT2D eigenvalue weighted by molar-refractivity contribution is -0.113. The number of nitrogens with zero attached hydrogens (tertiary/aromatic N) is 2. The van der Waals surface area contributed by atoms with E-state index in [1.807, 2.05) is 24.3 Å². The molecule has 5 aromatic rings. The Hall–Kier alpha value is -3.75. The summed E-state index contributed by atoms with van der Waals surface area (Å²) >= 11 is 7.19. The molecule has 0 radical (unpaired) electrons. The number of aromatic amines is 1. The van der Waals surface area contributed by atoms with Gasteiger partial charge >= 0.3 is 0 Å². The number of para-hydroxylation sites is 1. The number of benzene rings is 3. The molecule has 0 unspecified atom stereocenters. The summed E-state index contributed by atoms with van der Waals surface area (Å²) in [6, 6.07) is 21.7. The van der Waals surface area contributed by atoms with Crippen LogP contribution in [0.2, 0.25) is 5.02 Å². The fraction of sp³-hybridized carbons (Fsp3) is 0.0800. The van der Waals surface area contributed by atoms with Gasteiger partial charge in [-0.3, -0.25) is 14.2 Å². The summed E-state index contributed by atoms with van der Waals surface area (Å²) in [6.07, 6.45) is 0. The van der Waals surface area contributed by atoms with Gasteiger partial charge in [0.1, 0.15) is 16.8 Å². The number of fused-ring (bicyclic) bond motifs is 3. The van der Waals surface area contributed by atoms with Crippen molar-refractivity contribution in [2.75, 3.05) is 18.2 Å². The van der Waals surface area contributed by atoms with Crippen LogP contribution in [0.5, 0.6) is 5.75 Å². The lowest BCUT2D eigenvalue weighted by atomic mass is 10.2. The summed E-state index contributed by atoms with van der Waals surface area (Å²) in [5, 5.41) is 4.61.